The van der Waals surface area contributed by atoms with E-state index < -0.39 is 21.5 Å². The summed E-state index contributed by atoms with van der Waals surface area (Å²) in [5.41, 5.74) is -1.05. The van der Waals surface area contributed by atoms with Gasteiger partial charge in [0.05, 0.1) is 10.6 Å². The molecule has 0 aliphatic carbocycles. The number of aliphatic hydroxyl groups is 1. The highest BCUT2D eigenvalue weighted by atomic mass is 35.5. The third-order valence-corrected chi connectivity index (χ3v) is 4.79. The molecule has 1 aromatic carbocycles. The minimum Gasteiger partial charge on any atom is -0.478 e. The largest absolute Gasteiger partial charge is 0.478 e. The number of aliphatic hydroxyl groups excluding tert-OH is 1. The van der Waals surface area contributed by atoms with Crippen molar-refractivity contribution in [2.24, 2.45) is 0 Å². The third kappa shape index (κ3) is 4.17. The Kier molecular flexibility index (Phi) is 5.15. The van der Waals surface area contributed by atoms with Gasteiger partial charge >= 0.3 is 5.97 Å². The molecule has 0 aliphatic rings. The number of rotatable bonds is 6. The summed E-state index contributed by atoms with van der Waals surface area (Å²) < 4.78 is 26.9. The second-order valence-corrected chi connectivity index (χ2v) is 6.97. The molecule has 3 N–H and O–H groups in total. The summed E-state index contributed by atoms with van der Waals surface area (Å²) in [5.74, 6) is -1.24. The fourth-order valence-corrected chi connectivity index (χ4v) is 3.56. The van der Waals surface area contributed by atoms with Gasteiger partial charge in [-0.1, -0.05) is 11.6 Å². The minimum absolute atomic E-state index is 0.0673. The fraction of sp³-hybridized carbons (Fsp3) is 0.417. The van der Waals surface area contributed by atoms with Crippen molar-refractivity contribution in [1.29, 1.82) is 0 Å². The molecule has 0 amide bonds. The second kappa shape index (κ2) is 6.09. The average molecular weight is 322 g/mol. The van der Waals surface area contributed by atoms with Crippen molar-refractivity contribution in [3.63, 3.8) is 0 Å². The number of hydrogen-bond acceptors (Lipinski definition) is 4. The Labute approximate surface area is 122 Å². The molecule has 0 aromatic heterocycles. The van der Waals surface area contributed by atoms with Crippen molar-refractivity contribution in [3.8, 4) is 0 Å². The fourth-order valence-electron chi connectivity index (χ4n) is 1.59. The maximum absolute atomic E-state index is 12.2. The van der Waals surface area contributed by atoms with Crippen LogP contribution >= 0.6 is 11.6 Å². The van der Waals surface area contributed by atoms with Crippen LogP contribution in [-0.2, 0) is 10.0 Å². The van der Waals surface area contributed by atoms with Crippen LogP contribution in [0.2, 0.25) is 5.02 Å². The second-order valence-electron chi connectivity index (χ2n) is 4.91. The molecule has 8 heteroatoms. The van der Waals surface area contributed by atoms with Gasteiger partial charge < -0.3 is 10.2 Å². The number of halogens is 1. The summed E-state index contributed by atoms with van der Waals surface area (Å²) >= 11 is 5.83. The lowest BCUT2D eigenvalue weighted by atomic mass is 10.0. The Bertz CT molecular complexity index is 612. The zero-order valence-electron chi connectivity index (χ0n) is 11.1. The first-order valence-electron chi connectivity index (χ1n) is 5.77. The SMILES string of the molecule is CC(C)(CCO)NS(=O)(=O)c1cc(C(=O)O)ccc1Cl. The van der Waals surface area contributed by atoms with Crippen LogP contribution in [0, 0.1) is 0 Å². The molecular weight excluding hydrogens is 306 g/mol. The maximum Gasteiger partial charge on any atom is 0.335 e. The number of hydrogen-bond donors (Lipinski definition) is 3. The van der Waals surface area contributed by atoms with Crippen molar-refractivity contribution in [2.45, 2.75) is 30.7 Å². The van der Waals surface area contributed by atoms with Crippen LogP contribution in [0.3, 0.4) is 0 Å². The number of carbonyl (C=O) groups is 1. The van der Waals surface area contributed by atoms with Crippen LogP contribution < -0.4 is 4.72 Å². The summed E-state index contributed by atoms with van der Waals surface area (Å²) in [6, 6.07) is 3.45. The molecule has 0 fully saturated rings. The molecule has 0 spiro atoms. The summed E-state index contributed by atoms with van der Waals surface area (Å²) in [7, 11) is -3.98. The van der Waals surface area contributed by atoms with E-state index in [0.29, 0.717) is 0 Å². The van der Waals surface area contributed by atoms with Crippen molar-refractivity contribution in [2.75, 3.05) is 6.61 Å². The maximum atomic E-state index is 12.2. The molecule has 112 valence electrons. The van der Waals surface area contributed by atoms with Crippen LogP contribution in [0.4, 0.5) is 0 Å². The van der Waals surface area contributed by atoms with E-state index in [1.54, 1.807) is 13.8 Å². The van der Waals surface area contributed by atoms with Crippen LogP contribution in [0.1, 0.15) is 30.6 Å². The lowest BCUT2D eigenvalue weighted by molar-refractivity contribution is 0.0696. The first-order valence-corrected chi connectivity index (χ1v) is 7.63. The average Bonchev–Trinajstić information content (AvgIpc) is 2.26. The molecular formula is C12H16ClNO5S. The van der Waals surface area contributed by atoms with Gasteiger partial charge in [0.2, 0.25) is 10.0 Å². The predicted octanol–water partition coefficient (Wildman–Crippen LogP) is 1.48. The molecule has 0 aliphatic heterocycles. The van der Waals surface area contributed by atoms with Gasteiger partial charge in [-0.05, 0) is 38.5 Å². The van der Waals surface area contributed by atoms with E-state index in [1.807, 2.05) is 0 Å². The van der Waals surface area contributed by atoms with Crippen LogP contribution in [0.25, 0.3) is 0 Å². The molecule has 0 atom stereocenters. The number of nitrogens with one attached hydrogen (secondary N) is 1. The summed E-state index contributed by atoms with van der Waals surface area (Å²) in [5, 5.41) is 17.7. The molecule has 0 radical (unpaired) electrons. The number of benzene rings is 1. The van der Waals surface area contributed by atoms with Gasteiger partial charge in [-0.25, -0.2) is 17.9 Å². The highest BCUT2D eigenvalue weighted by molar-refractivity contribution is 7.89. The minimum atomic E-state index is -3.98. The summed E-state index contributed by atoms with van der Waals surface area (Å²) in [4.78, 5) is 10.6. The van der Waals surface area contributed by atoms with Crippen LogP contribution in [-0.4, -0.2) is 36.7 Å². The Hall–Kier alpha value is -1.15. The molecule has 0 saturated heterocycles. The van der Waals surface area contributed by atoms with E-state index >= 15 is 0 Å². The van der Waals surface area contributed by atoms with Crippen molar-refractivity contribution >= 4 is 27.6 Å². The van der Waals surface area contributed by atoms with Gasteiger partial charge in [0, 0.05) is 12.1 Å². The van der Waals surface area contributed by atoms with E-state index in [1.165, 1.54) is 12.1 Å². The van der Waals surface area contributed by atoms with Crippen molar-refractivity contribution in [3.05, 3.63) is 28.8 Å². The van der Waals surface area contributed by atoms with Gasteiger partial charge in [0.15, 0.2) is 0 Å². The van der Waals surface area contributed by atoms with Crippen molar-refractivity contribution in [1.82, 2.24) is 4.72 Å². The topological polar surface area (TPSA) is 104 Å². The Morgan fingerprint density at radius 1 is 1.40 bits per heavy atom. The van der Waals surface area contributed by atoms with Gasteiger partial charge in [-0.15, -0.1) is 0 Å². The molecule has 20 heavy (non-hydrogen) atoms. The summed E-state index contributed by atoms with van der Waals surface area (Å²) in [6.07, 6.45) is 0.211. The Balaban J connectivity index is 3.22. The Morgan fingerprint density at radius 3 is 2.50 bits per heavy atom. The monoisotopic (exact) mass is 321 g/mol. The number of carboxylic acid groups (broad SMARTS) is 1. The van der Waals surface area contributed by atoms with E-state index in [0.717, 1.165) is 6.07 Å². The first kappa shape index (κ1) is 16.9. The van der Waals surface area contributed by atoms with E-state index in [4.69, 9.17) is 21.8 Å². The third-order valence-electron chi connectivity index (χ3n) is 2.62. The zero-order valence-corrected chi connectivity index (χ0v) is 12.6. The molecule has 0 saturated carbocycles. The van der Waals surface area contributed by atoms with Gasteiger partial charge in [-0.2, -0.15) is 0 Å². The van der Waals surface area contributed by atoms with E-state index in [2.05, 4.69) is 4.72 Å². The van der Waals surface area contributed by atoms with Gasteiger partial charge in [0.25, 0.3) is 0 Å². The van der Waals surface area contributed by atoms with Crippen LogP contribution in [0.5, 0.6) is 0 Å². The Morgan fingerprint density at radius 2 is 2.00 bits per heavy atom. The standard InChI is InChI=1S/C12H16ClNO5S/c1-12(2,5-6-15)14-20(18,19)10-7-8(11(16)17)3-4-9(10)13/h3-4,7,14-15H,5-6H2,1-2H3,(H,16,17). The van der Waals surface area contributed by atoms with Gasteiger partial charge in [0.1, 0.15) is 4.90 Å². The number of sulfonamides is 1. The van der Waals surface area contributed by atoms with Crippen LogP contribution in [0.15, 0.2) is 23.1 Å². The lowest BCUT2D eigenvalue weighted by Crippen LogP contribution is -2.44. The van der Waals surface area contributed by atoms with Crippen molar-refractivity contribution < 1.29 is 23.4 Å². The smallest absolute Gasteiger partial charge is 0.335 e. The normalized spacial score (nSPS) is 12.4. The predicted molar refractivity (Wildman–Crippen MR) is 74.5 cm³/mol. The van der Waals surface area contributed by atoms with E-state index in [-0.39, 0.29) is 28.5 Å². The number of carboxylic acids is 1. The molecule has 1 aromatic rings. The highest BCUT2D eigenvalue weighted by Crippen LogP contribution is 2.24. The molecule has 1 rings (SSSR count). The number of aromatic carboxylic acids is 1. The quantitative estimate of drug-likeness (QED) is 0.736. The van der Waals surface area contributed by atoms with E-state index in [9.17, 15) is 13.2 Å². The molecule has 6 nitrogen and oxygen atoms in total. The first-order chi connectivity index (χ1) is 9.09. The van der Waals surface area contributed by atoms with Gasteiger partial charge in [-0.3, -0.25) is 0 Å². The zero-order chi connectivity index (χ0) is 15.6. The molecule has 0 heterocycles. The molecule has 0 bridgehead atoms. The lowest BCUT2D eigenvalue weighted by Gasteiger charge is -2.25. The summed E-state index contributed by atoms with van der Waals surface area (Å²) in [6.45, 7) is 3.03. The molecule has 0 unspecified atom stereocenters. The highest BCUT2D eigenvalue weighted by Gasteiger charge is 2.28.